The van der Waals surface area contributed by atoms with E-state index in [1.165, 1.54) is 0 Å². The molecule has 0 aromatic carbocycles. The Bertz CT molecular complexity index is 713. The summed E-state index contributed by atoms with van der Waals surface area (Å²) in [4.78, 5) is 23.3. The van der Waals surface area contributed by atoms with Gasteiger partial charge in [-0.15, -0.1) is 0 Å². The Kier molecular flexibility index (Phi) is 4.73. The number of ketones is 1. The van der Waals surface area contributed by atoms with Crippen molar-refractivity contribution in [3.63, 3.8) is 0 Å². The summed E-state index contributed by atoms with van der Waals surface area (Å²) in [5.41, 5.74) is 6.31. The molecule has 3 rings (SSSR count). The first kappa shape index (κ1) is 15.7. The van der Waals surface area contributed by atoms with Crippen LogP contribution in [-0.4, -0.2) is 41.9 Å². The van der Waals surface area contributed by atoms with E-state index in [-0.39, 0.29) is 17.3 Å². The summed E-state index contributed by atoms with van der Waals surface area (Å²) in [6, 6.07) is 6.85. The van der Waals surface area contributed by atoms with Crippen LogP contribution < -0.4 is 16.0 Å². The summed E-state index contributed by atoms with van der Waals surface area (Å²) >= 11 is 6.19. The average Bonchev–Trinajstić information content (AvgIpc) is 2.84. The lowest BCUT2D eigenvalue weighted by atomic mass is 10.1. The molecule has 120 valence electrons. The first-order valence-corrected chi connectivity index (χ1v) is 7.92. The van der Waals surface area contributed by atoms with Crippen LogP contribution in [0.3, 0.4) is 0 Å². The Balaban J connectivity index is 1.94. The van der Waals surface area contributed by atoms with Gasteiger partial charge in [-0.3, -0.25) is 4.79 Å². The summed E-state index contributed by atoms with van der Waals surface area (Å²) in [6.07, 6.45) is 2.57. The highest BCUT2D eigenvalue weighted by Gasteiger charge is 2.20. The minimum absolute atomic E-state index is 0.180. The van der Waals surface area contributed by atoms with E-state index in [9.17, 15) is 4.79 Å². The fraction of sp³-hybridized carbons (Fsp3) is 0.312. The smallest absolute Gasteiger partial charge is 0.216 e. The molecule has 0 radical (unpaired) electrons. The second-order valence-corrected chi connectivity index (χ2v) is 5.76. The molecule has 0 aliphatic carbocycles. The van der Waals surface area contributed by atoms with Gasteiger partial charge in [0.05, 0.1) is 10.6 Å². The Hall–Kier alpha value is -2.18. The third kappa shape index (κ3) is 3.43. The van der Waals surface area contributed by atoms with Crippen molar-refractivity contribution in [3.8, 4) is 0 Å². The van der Waals surface area contributed by atoms with E-state index in [0.29, 0.717) is 10.6 Å². The zero-order valence-electron chi connectivity index (χ0n) is 12.6. The number of hydrogen-bond donors (Lipinski definition) is 2. The second kappa shape index (κ2) is 6.93. The monoisotopic (exact) mass is 331 g/mol. The van der Waals surface area contributed by atoms with E-state index in [0.717, 1.165) is 38.4 Å². The molecule has 0 saturated carbocycles. The van der Waals surface area contributed by atoms with Crippen LogP contribution in [0.15, 0.2) is 30.5 Å². The van der Waals surface area contributed by atoms with Crippen molar-refractivity contribution in [3.05, 3.63) is 46.7 Å². The number of anilines is 2. The van der Waals surface area contributed by atoms with Crippen molar-refractivity contribution in [2.45, 2.75) is 6.42 Å². The third-order valence-corrected chi connectivity index (χ3v) is 4.10. The lowest BCUT2D eigenvalue weighted by Gasteiger charge is -2.21. The SMILES string of the molecule is Nc1ncccc1C(=O)c1nc(N2CCCNCC2)ccc1Cl. The Morgan fingerprint density at radius 2 is 2.13 bits per heavy atom. The Labute approximate surface area is 139 Å². The molecule has 2 aromatic rings. The third-order valence-electron chi connectivity index (χ3n) is 3.79. The number of nitrogens with zero attached hydrogens (tertiary/aromatic N) is 3. The van der Waals surface area contributed by atoms with Crippen LogP contribution in [0.4, 0.5) is 11.6 Å². The van der Waals surface area contributed by atoms with Crippen LogP contribution in [0.1, 0.15) is 22.5 Å². The van der Waals surface area contributed by atoms with Gasteiger partial charge in [0.15, 0.2) is 0 Å². The van der Waals surface area contributed by atoms with Crippen molar-refractivity contribution in [2.24, 2.45) is 0 Å². The van der Waals surface area contributed by atoms with Gasteiger partial charge in [0.1, 0.15) is 17.3 Å². The average molecular weight is 332 g/mol. The molecule has 1 fully saturated rings. The van der Waals surface area contributed by atoms with Gasteiger partial charge < -0.3 is 16.0 Å². The van der Waals surface area contributed by atoms with E-state index in [4.69, 9.17) is 17.3 Å². The molecule has 23 heavy (non-hydrogen) atoms. The zero-order chi connectivity index (χ0) is 16.2. The topological polar surface area (TPSA) is 84.1 Å². The summed E-state index contributed by atoms with van der Waals surface area (Å²) in [7, 11) is 0. The van der Waals surface area contributed by atoms with Crippen molar-refractivity contribution in [1.29, 1.82) is 0 Å². The molecule has 0 amide bonds. The van der Waals surface area contributed by atoms with Gasteiger partial charge in [-0.1, -0.05) is 11.6 Å². The van der Waals surface area contributed by atoms with Crippen LogP contribution in [0, 0.1) is 0 Å². The standard InChI is InChI=1S/C16H18ClN5O/c17-12-4-5-13(22-9-2-6-19-8-10-22)21-14(12)15(23)11-3-1-7-20-16(11)18/h1,3-5,7,19H,2,6,8-10H2,(H2,18,20). The van der Waals surface area contributed by atoms with Crippen molar-refractivity contribution < 1.29 is 4.79 Å². The number of nitrogens with one attached hydrogen (secondary N) is 1. The van der Waals surface area contributed by atoms with Gasteiger partial charge in [-0.2, -0.15) is 0 Å². The number of pyridine rings is 2. The van der Waals surface area contributed by atoms with E-state index in [2.05, 4.69) is 20.2 Å². The van der Waals surface area contributed by atoms with Crippen molar-refractivity contribution in [1.82, 2.24) is 15.3 Å². The maximum atomic E-state index is 12.7. The van der Waals surface area contributed by atoms with E-state index in [1.54, 1.807) is 24.4 Å². The highest BCUT2D eigenvalue weighted by atomic mass is 35.5. The lowest BCUT2D eigenvalue weighted by Crippen LogP contribution is -2.29. The van der Waals surface area contributed by atoms with Gasteiger partial charge >= 0.3 is 0 Å². The van der Waals surface area contributed by atoms with Crippen LogP contribution in [0.2, 0.25) is 5.02 Å². The van der Waals surface area contributed by atoms with Crippen molar-refractivity contribution >= 4 is 29.0 Å². The number of hydrogen-bond acceptors (Lipinski definition) is 6. The first-order chi connectivity index (χ1) is 11.2. The molecule has 1 saturated heterocycles. The molecule has 1 aliphatic heterocycles. The molecule has 0 spiro atoms. The van der Waals surface area contributed by atoms with E-state index >= 15 is 0 Å². The predicted octanol–water partition coefficient (Wildman–Crippen LogP) is 1.74. The lowest BCUT2D eigenvalue weighted by molar-refractivity contribution is 0.103. The van der Waals surface area contributed by atoms with E-state index < -0.39 is 0 Å². The summed E-state index contributed by atoms with van der Waals surface area (Å²) < 4.78 is 0. The number of nitrogen functional groups attached to an aromatic ring is 1. The first-order valence-electron chi connectivity index (χ1n) is 7.54. The minimum atomic E-state index is -0.310. The van der Waals surface area contributed by atoms with Crippen LogP contribution in [0.5, 0.6) is 0 Å². The molecule has 7 heteroatoms. The van der Waals surface area contributed by atoms with Gasteiger partial charge in [0, 0.05) is 25.8 Å². The fourth-order valence-electron chi connectivity index (χ4n) is 2.58. The molecule has 2 aromatic heterocycles. The van der Waals surface area contributed by atoms with Crippen LogP contribution in [-0.2, 0) is 0 Å². The number of carbonyl (C=O) groups is 1. The predicted molar refractivity (Wildman–Crippen MR) is 91.0 cm³/mol. The van der Waals surface area contributed by atoms with Crippen molar-refractivity contribution in [2.75, 3.05) is 36.8 Å². The van der Waals surface area contributed by atoms with E-state index in [1.807, 2.05) is 6.07 Å². The highest BCUT2D eigenvalue weighted by molar-refractivity contribution is 6.34. The van der Waals surface area contributed by atoms with Crippen LogP contribution >= 0.6 is 11.6 Å². The molecule has 0 bridgehead atoms. The molecule has 0 atom stereocenters. The van der Waals surface area contributed by atoms with Gasteiger partial charge in [0.25, 0.3) is 0 Å². The normalized spacial score (nSPS) is 15.3. The summed E-state index contributed by atoms with van der Waals surface area (Å²) in [5.74, 6) is 0.624. The maximum Gasteiger partial charge on any atom is 0.216 e. The number of halogens is 1. The molecule has 1 aliphatic rings. The van der Waals surface area contributed by atoms with Gasteiger partial charge in [-0.05, 0) is 37.2 Å². The number of carbonyl (C=O) groups excluding carboxylic acids is 1. The molecule has 6 nitrogen and oxygen atoms in total. The van der Waals surface area contributed by atoms with Gasteiger partial charge in [-0.25, -0.2) is 9.97 Å². The Morgan fingerprint density at radius 1 is 1.26 bits per heavy atom. The molecular formula is C16H18ClN5O. The molecular weight excluding hydrogens is 314 g/mol. The molecule has 0 unspecified atom stereocenters. The largest absolute Gasteiger partial charge is 0.383 e. The highest BCUT2D eigenvalue weighted by Crippen LogP contribution is 2.23. The molecule has 3 N–H and O–H groups in total. The second-order valence-electron chi connectivity index (χ2n) is 5.36. The zero-order valence-corrected chi connectivity index (χ0v) is 13.4. The number of nitrogens with two attached hydrogens (primary N) is 1. The molecule has 3 heterocycles. The fourth-order valence-corrected chi connectivity index (χ4v) is 2.77. The minimum Gasteiger partial charge on any atom is -0.383 e. The van der Waals surface area contributed by atoms with Crippen LogP contribution in [0.25, 0.3) is 0 Å². The summed E-state index contributed by atoms with van der Waals surface area (Å²) in [6.45, 7) is 3.62. The number of aromatic nitrogens is 2. The quantitative estimate of drug-likeness (QED) is 0.833. The summed E-state index contributed by atoms with van der Waals surface area (Å²) in [5, 5.41) is 3.66. The number of rotatable bonds is 3. The van der Waals surface area contributed by atoms with Gasteiger partial charge in [0.2, 0.25) is 5.78 Å². The maximum absolute atomic E-state index is 12.7. The Morgan fingerprint density at radius 3 is 2.96 bits per heavy atom.